The number of ether oxygens (including phenoxy) is 1. The van der Waals surface area contributed by atoms with E-state index in [1.165, 1.54) is 6.07 Å². The molecule has 0 radical (unpaired) electrons. The number of nitrogens with zero attached hydrogens (tertiary/aromatic N) is 5. The lowest BCUT2D eigenvalue weighted by Gasteiger charge is -2.35. The number of fused-ring (bicyclic) bond motifs is 5. The Morgan fingerprint density at radius 2 is 1.80 bits per heavy atom. The van der Waals surface area contributed by atoms with Crippen molar-refractivity contribution in [1.82, 2.24) is 25.2 Å². The van der Waals surface area contributed by atoms with Crippen LogP contribution in [0.4, 0.5) is 14.6 Å². The topological polar surface area (TPSA) is 66.4 Å². The van der Waals surface area contributed by atoms with Crippen LogP contribution in [-0.4, -0.2) is 70.3 Å². The van der Waals surface area contributed by atoms with Gasteiger partial charge in [-0.1, -0.05) is 36.1 Å². The summed E-state index contributed by atoms with van der Waals surface area (Å²) in [7, 11) is 0. The highest BCUT2D eigenvalue weighted by Crippen LogP contribution is 2.41. The fourth-order valence-electron chi connectivity index (χ4n) is 8.14. The van der Waals surface area contributed by atoms with Gasteiger partial charge in [-0.3, -0.25) is 4.90 Å². The molecule has 228 valence electrons. The number of piperazine rings is 1. The summed E-state index contributed by atoms with van der Waals surface area (Å²) < 4.78 is 38.4. The largest absolute Gasteiger partial charge is 0.461 e. The number of halogens is 2. The van der Waals surface area contributed by atoms with E-state index in [1.807, 2.05) is 6.07 Å². The van der Waals surface area contributed by atoms with Crippen LogP contribution in [0, 0.1) is 35.8 Å². The van der Waals surface area contributed by atoms with Gasteiger partial charge in [-0.2, -0.15) is 9.97 Å². The molecule has 0 spiro atoms. The molecule has 4 fully saturated rings. The molecule has 8 rings (SSSR count). The monoisotopic (exact) mass is 604 g/mol. The average molecular weight is 605 g/mol. The summed E-state index contributed by atoms with van der Waals surface area (Å²) in [5, 5.41) is 5.24. The number of hydrogen-bond donors (Lipinski definition) is 1. The van der Waals surface area contributed by atoms with E-state index in [4.69, 9.17) is 26.1 Å². The molecule has 0 saturated carbocycles. The van der Waals surface area contributed by atoms with Gasteiger partial charge in [-0.15, -0.1) is 6.42 Å². The van der Waals surface area contributed by atoms with Gasteiger partial charge < -0.3 is 15.0 Å². The minimum absolute atomic E-state index is 0.0142. The fourth-order valence-corrected chi connectivity index (χ4v) is 8.14. The van der Waals surface area contributed by atoms with Crippen LogP contribution in [0.15, 0.2) is 30.3 Å². The van der Waals surface area contributed by atoms with Crippen LogP contribution in [0.2, 0.25) is 0 Å². The Kier molecular flexibility index (Phi) is 6.85. The van der Waals surface area contributed by atoms with E-state index < -0.39 is 11.6 Å². The third-order valence-corrected chi connectivity index (χ3v) is 10.2. The third-order valence-electron chi connectivity index (χ3n) is 10.2. The van der Waals surface area contributed by atoms with Gasteiger partial charge in [0.25, 0.3) is 0 Å². The normalized spacial score (nSPS) is 22.0. The third kappa shape index (κ3) is 4.60. The van der Waals surface area contributed by atoms with E-state index in [9.17, 15) is 4.39 Å². The Bertz CT molecular complexity index is 1940. The van der Waals surface area contributed by atoms with E-state index >= 15 is 4.39 Å². The van der Waals surface area contributed by atoms with E-state index in [0.717, 1.165) is 64.7 Å². The van der Waals surface area contributed by atoms with Crippen molar-refractivity contribution in [2.45, 2.75) is 63.1 Å². The molecule has 7 nitrogen and oxygen atoms in total. The molecule has 0 unspecified atom stereocenters. The molecule has 0 aliphatic carbocycles. The molecule has 0 amide bonds. The Morgan fingerprint density at radius 3 is 2.53 bits per heavy atom. The molecule has 6 heterocycles. The highest BCUT2D eigenvalue weighted by atomic mass is 19.1. The predicted molar refractivity (Wildman–Crippen MR) is 171 cm³/mol. The average Bonchev–Trinajstić information content (AvgIpc) is 3.74. The summed E-state index contributed by atoms with van der Waals surface area (Å²) in [5.41, 5.74) is 0.891. The van der Waals surface area contributed by atoms with Crippen LogP contribution in [-0.2, 0) is 0 Å². The minimum atomic E-state index is -0.639. The van der Waals surface area contributed by atoms with Crippen molar-refractivity contribution in [3.63, 3.8) is 0 Å². The molecule has 1 N–H and O–H groups in total. The number of terminal acetylenes is 1. The summed E-state index contributed by atoms with van der Waals surface area (Å²) in [6, 6.07) is 9.10. The lowest BCUT2D eigenvalue weighted by molar-refractivity contribution is 0.108. The van der Waals surface area contributed by atoms with Crippen LogP contribution >= 0.6 is 0 Å². The van der Waals surface area contributed by atoms with E-state index in [2.05, 4.69) is 32.9 Å². The number of rotatable bonds is 5. The first-order valence-electron chi connectivity index (χ1n) is 15.9. The van der Waals surface area contributed by atoms with Crippen molar-refractivity contribution in [2.24, 2.45) is 0 Å². The van der Waals surface area contributed by atoms with Crippen molar-refractivity contribution in [1.29, 1.82) is 0 Å². The molecule has 4 aliphatic heterocycles. The summed E-state index contributed by atoms with van der Waals surface area (Å²) in [6.45, 7) is 5.79. The van der Waals surface area contributed by atoms with Crippen LogP contribution in [0.1, 0.15) is 56.7 Å². The first-order valence-corrected chi connectivity index (χ1v) is 15.9. The first-order chi connectivity index (χ1) is 22.0. The van der Waals surface area contributed by atoms with Crippen molar-refractivity contribution in [2.75, 3.05) is 37.7 Å². The number of hydrogen-bond acceptors (Lipinski definition) is 7. The van der Waals surface area contributed by atoms with Gasteiger partial charge in [0.05, 0.1) is 16.5 Å². The highest BCUT2D eigenvalue weighted by Gasteiger charge is 2.45. The lowest BCUT2D eigenvalue weighted by atomic mass is 9.95. The Labute approximate surface area is 261 Å². The smallest absolute Gasteiger partial charge is 0.319 e. The van der Waals surface area contributed by atoms with Gasteiger partial charge in [0.1, 0.15) is 35.1 Å². The van der Waals surface area contributed by atoms with Crippen LogP contribution in [0.3, 0.4) is 0 Å². The quantitative estimate of drug-likeness (QED) is 0.305. The summed E-state index contributed by atoms with van der Waals surface area (Å²) in [6.07, 6.45) is 12.4. The molecular formula is C36H34F2N6O. The lowest BCUT2D eigenvalue weighted by Crippen LogP contribution is -2.51. The predicted octanol–water partition coefficient (Wildman–Crippen LogP) is 5.42. The van der Waals surface area contributed by atoms with Crippen LogP contribution in [0.5, 0.6) is 6.01 Å². The molecule has 4 aromatic rings. The molecule has 4 saturated heterocycles. The molecule has 2 atom stereocenters. The van der Waals surface area contributed by atoms with Crippen LogP contribution in [0.25, 0.3) is 32.9 Å². The fraction of sp³-hybridized carbons (Fsp3) is 0.417. The van der Waals surface area contributed by atoms with Crippen molar-refractivity contribution in [3.8, 4) is 41.5 Å². The van der Waals surface area contributed by atoms with Gasteiger partial charge in [0.15, 0.2) is 5.82 Å². The molecule has 45 heavy (non-hydrogen) atoms. The molecular weight excluding hydrogens is 570 g/mol. The zero-order valence-electron chi connectivity index (χ0n) is 25.3. The summed E-state index contributed by atoms with van der Waals surface area (Å²) in [5.74, 6) is 7.93. The minimum Gasteiger partial charge on any atom is -0.461 e. The first kappa shape index (κ1) is 28.2. The number of aromatic nitrogens is 3. The zero-order valence-corrected chi connectivity index (χ0v) is 25.3. The van der Waals surface area contributed by atoms with Crippen molar-refractivity contribution < 1.29 is 13.5 Å². The Hall–Kier alpha value is -4.31. The molecule has 4 aliphatic rings. The zero-order chi connectivity index (χ0) is 30.7. The standard InChI is InChI=1S/C36H34F2N6O/c1-3-8-28-30-33(31(38)32(40-28)26-10-5-9-22-11-14-27(37)25(4-2)29(22)26)41-35(45-21-36-15-6-17-44(36)18-7-16-36)42-34(30)43-19-23-12-13-24(20-43)39-23/h2,5,9-11,14,23-24,39H,6-7,12-13,15-21H2,1H3/t23-,24+. The van der Waals surface area contributed by atoms with Gasteiger partial charge >= 0.3 is 6.01 Å². The maximum Gasteiger partial charge on any atom is 0.319 e. The van der Waals surface area contributed by atoms with Gasteiger partial charge in [0.2, 0.25) is 0 Å². The number of pyridine rings is 1. The Morgan fingerprint density at radius 1 is 1.02 bits per heavy atom. The second-order valence-electron chi connectivity index (χ2n) is 12.8. The number of anilines is 1. The molecule has 9 heteroatoms. The maximum atomic E-state index is 17.0. The number of nitrogens with one attached hydrogen (secondary N) is 1. The highest BCUT2D eigenvalue weighted by molar-refractivity contribution is 6.03. The summed E-state index contributed by atoms with van der Waals surface area (Å²) >= 11 is 0. The molecule has 2 aromatic heterocycles. The summed E-state index contributed by atoms with van der Waals surface area (Å²) in [4.78, 5) is 19.2. The second-order valence-corrected chi connectivity index (χ2v) is 12.8. The molecule has 2 aromatic carbocycles. The molecule has 2 bridgehead atoms. The SMILES string of the molecule is C#Cc1c(F)ccc2cccc(-c3nc(C#CC)c4c(N5C[C@H]6CC[C@@H](C5)N6)nc(OCC56CCCN5CCC6)nc4c3F)c12. The maximum absolute atomic E-state index is 17.0. The van der Waals surface area contributed by atoms with Gasteiger partial charge in [-0.25, -0.2) is 13.8 Å². The van der Waals surface area contributed by atoms with Gasteiger partial charge in [-0.05, 0) is 75.9 Å². The van der Waals surface area contributed by atoms with Crippen molar-refractivity contribution in [3.05, 3.63) is 53.2 Å². The van der Waals surface area contributed by atoms with Gasteiger partial charge in [0, 0.05) is 36.1 Å². The second kappa shape index (κ2) is 10.9. The van der Waals surface area contributed by atoms with E-state index in [1.54, 1.807) is 25.1 Å². The van der Waals surface area contributed by atoms with Crippen molar-refractivity contribution >= 4 is 27.5 Å². The van der Waals surface area contributed by atoms with E-state index in [-0.39, 0.29) is 28.3 Å². The Balaban J connectivity index is 1.34. The van der Waals surface area contributed by atoms with Crippen LogP contribution < -0.4 is 15.0 Å². The number of benzene rings is 2. The van der Waals surface area contributed by atoms with E-state index in [0.29, 0.717) is 51.9 Å².